The highest BCUT2D eigenvalue weighted by atomic mass is 15.1. The van der Waals surface area contributed by atoms with Crippen molar-refractivity contribution in [2.24, 2.45) is 11.8 Å². The SMILES string of the molecule is CC(C)CC(C)N(C)CCCC1CCNCC1. The molecular formula is C15H32N2. The molecule has 0 aromatic rings. The van der Waals surface area contributed by atoms with Crippen LogP contribution in [0.4, 0.5) is 0 Å². The number of piperidine rings is 1. The fourth-order valence-corrected chi connectivity index (χ4v) is 2.88. The zero-order valence-corrected chi connectivity index (χ0v) is 12.3. The lowest BCUT2D eigenvalue weighted by molar-refractivity contribution is 0.215. The van der Waals surface area contributed by atoms with Gasteiger partial charge in [0.1, 0.15) is 0 Å². The second-order valence-electron chi connectivity index (χ2n) is 6.29. The first-order chi connectivity index (χ1) is 8.09. The van der Waals surface area contributed by atoms with E-state index in [1.807, 2.05) is 0 Å². The van der Waals surface area contributed by atoms with E-state index < -0.39 is 0 Å². The molecule has 1 aliphatic heterocycles. The predicted molar refractivity (Wildman–Crippen MR) is 76.4 cm³/mol. The lowest BCUT2D eigenvalue weighted by Gasteiger charge is -2.28. The molecular weight excluding hydrogens is 208 g/mol. The fraction of sp³-hybridized carbons (Fsp3) is 1.00. The van der Waals surface area contributed by atoms with E-state index in [0.717, 1.165) is 17.9 Å². The van der Waals surface area contributed by atoms with Gasteiger partial charge in [0.05, 0.1) is 0 Å². The molecule has 1 heterocycles. The summed E-state index contributed by atoms with van der Waals surface area (Å²) in [7, 11) is 2.29. The van der Waals surface area contributed by atoms with Crippen LogP contribution in [0.25, 0.3) is 0 Å². The molecule has 0 amide bonds. The standard InChI is InChI=1S/C15H32N2/c1-13(2)12-14(3)17(4)11-5-6-15-7-9-16-10-8-15/h13-16H,5-12H2,1-4H3. The Morgan fingerprint density at radius 2 is 1.82 bits per heavy atom. The Balaban J connectivity index is 2.08. The van der Waals surface area contributed by atoms with Gasteiger partial charge in [-0.15, -0.1) is 0 Å². The van der Waals surface area contributed by atoms with E-state index in [0.29, 0.717) is 0 Å². The van der Waals surface area contributed by atoms with Gasteiger partial charge in [0.15, 0.2) is 0 Å². The molecule has 1 N–H and O–H groups in total. The van der Waals surface area contributed by atoms with Crippen LogP contribution in [0, 0.1) is 11.8 Å². The molecule has 102 valence electrons. The van der Waals surface area contributed by atoms with Crippen LogP contribution < -0.4 is 5.32 Å². The van der Waals surface area contributed by atoms with Crippen molar-refractivity contribution in [3.05, 3.63) is 0 Å². The third-order valence-corrected chi connectivity index (χ3v) is 4.15. The fourth-order valence-electron chi connectivity index (χ4n) is 2.88. The summed E-state index contributed by atoms with van der Waals surface area (Å²) in [5, 5.41) is 3.44. The molecule has 1 aliphatic rings. The minimum atomic E-state index is 0.739. The molecule has 2 heteroatoms. The van der Waals surface area contributed by atoms with Gasteiger partial charge in [-0.3, -0.25) is 0 Å². The van der Waals surface area contributed by atoms with Crippen LogP contribution in [0.1, 0.15) is 52.9 Å². The quantitative estimate of drug-likeness (QED) is 0.735. The lowest BCUT2D eigenvalue weighted by atomic mass is 9.93. The van der Waals surface area contributed by atoms with Crippen molar-refractivity contribution in [1.29, 1.82) is 0 Å². The lowest BCUT2D eigenvalue weighted by Crippen LogP contribution is -2.32. The van der Waals surface area contributed by atoms with Crippen LogP contribution in [0.5, 0.6) is 0 Å². The summed E-state index contributed by atoms with van der Waals surface area (Å²) in [6.45, 7) is 10.8. The third-order valence-electron chi connectivity index (χ3n) is 4.15. The van der Waals surface area contributed by atoms with Crippen LogP contribution in [-0.4, -0.2) is 37.6 Å². The van der Waals surface area contributed by atoms with E-state index in [1.54, 1.807) is 0 Å². The maximum atomic E-state index is 3.44. The smallest absolute Gasteiger partial charge is 0.00663 e. The third kappa shape index (κ3) is 6.42. The average molecular weight is 240 g/mol. The van der Waals surface area contributed by atoms with Gasteiger partial charge in [0.25, 0.3) is 0 Å². The van der Waals surface area contributed by atoms with Crippen molar-refractivity contribution in [2.45, 2.75) is 58.9 Å². The van der Waals surface area contributed by atoms with E-state index in [4.69, 9.17) is 0 Å². The zero-order chi connectivity index (χ0) is 12.7. The Labute approximate surface area is 108 Å². The molecule has 0 radical (unpaired) electrons. The highest BCUT2D eigenvalue weighted by Gasteiger charge is 2.14. The zero-order valence-electron chi connectivity index (χ0n) is 12.3. The van der Waals surface area contributed by atoms with Crippen molar-refractivity contribution in [3.8, 4) is 0 Å². The summed E-state index contributed by atoms with van der Waals surface area (Å²) in [6.07, 6.45) is 6.92. The largest absolute Gasteiger partial charge is 0.317 e. The summed E-state index contributed by atoms with van der Waals surface area (Å²) in [6, 6.07) is 0.739. The highest BCUT2D eigenvalue weighted by molar-refractivity contribution is 4.70. The predicted octanol–water partition coefficient (Wildman–Crippen LogP) is 3.13. The normalized spacial score (nSPS) is 20.1. The van der Waals surface area contributed by atoms with E-state index in [2.05, 4.69) is 38.0 Å². The van der Waals surface area contributed by atoms with Crippen LogP contribution in [0.15, 0.2) is 0 Å². The van der Waals surface area contributed by atoms with Crippen molar-refractivity contribution in [2.75, 3.05) is 26.7 Å². The van der Waals surface area contributed by atoms with E-state index in [1.165, 1.54) is 51.7 Å². The summed E-state index contributed by atoms with van der Waals surface area (Å²) < 4.78 is 0. The molecule has 17 heavy (non-hydrogen) atoms. The average Bonchev–Trinajstić information content (AvgIpc) is 2.29. The number of nitrogens with zero attached hydrogens (tertiary/aromatic N) is 1. The Hall–Kier alpha value is -0.0800. The minimum absolute atomic E-state index is 0.739. The van der Waals surface area contributed by atoms with E-state index in [-0.39, 0.29) is 0 Å². The second-order valence-corrected chi connectivity index (χ2v) is 6.29. The molecule has 1 fully saturated rings. The van der Waals surface area contributed by atoms with E-state index >= 15 is 0 Å². The van der Waals surface area contributed by atoms with Crippen molar-refractivity contribution < 1.29 is 0 Å². The number of hydrogen-bond donors (Lipinski definition) is 1. The van der Waals surface area contributed by atoms with Gasteiger partial charge in [-0.1, -0.05) is 13.8 Å². The van der Waals surface area contributed by atoms with Gasteiger partial charge < -0.3 is 10.2 Å². The number of rotatable bonds is 7. The number of hydrogen-bond acceptors (Lipinski definition) is 2. The first kappa shape index (κ1) is 15.0. The molecule has 1 saturated heterocycles. The van der Waals surface area contributed by atoms with Crippen molar-refractivity contribution in [1.82, 2.24) is 10.2 Å². The van der Waals surface area contributed by atoms with Gasteiger partial charge in [0.2, 0.25) is 0 Å². The van der Waals surface area contributed by atoms with Crippen LogP contribution >= 0.6 is 0 Å². The topological polar surface area (TPSA) is 15.3 Å². The molecule has 2 nitrogen and oxygen atoms in total. The highest BCUT2D eigenvalue weighted by Crippen LogP contribution is 2.18. The molecule has 1 unspecified atom stereocenters. The molecule has 0 aromatic carbocycles. The van der Waals surface area contributed by atoms with Crippen LogP contribution in [0.2, 0.25) is 0 Å². The summed E-state index contributed by atoms with van der Waals surface area (Å²) >= 11 is 0. The van der Waals surface area contributed by atoms with E-state index in [9.17, 15) is 0 Å². The van der Waals surface area contributed by atoms with Crippen LogP contribution in [-0.2, 0) is 0 Å². The molecule has 1 atom stereocenters. The Kier molecular flexibility index (Phi) is 7.14. The minimum Gasteiger partial charge on any atom is -0.317 e. The monoisotopic (exact) mass is 240 g/mol. The summed E-state index contributed by atoms with van der Waals surface area (Å²) in [5.41, 5.74) is 0. The van der Waals surface area contributed by atoms with Gasteiger partial charge in [-0.05, 0) is 77.5 Å². The Morgan fingerprint density at radius 1 is 1.18 bits per heavy atom. The summed E-state index contributed by atoms with van der Waals surface area (Å²) in [5.74, 6) is 1.81. The van der Waals surface area contributed by atoms with Crippen molar-refractivity contribution >= 4 is 0 Å². The molecule has 0 bridgehead atoms. The summed E-state index contributed by atoms with van der Waals surface area (Å²) in [4.78, 5) is 2.54. The Morgan fingerprint density at radius 3 is 2.41 bits per heavy atom. The molecule has 0 spiro atoms. The Bertz CT molecular complexity index is 185. The number of nitrogens with one attached hydrogen (secondary N) is 1. The van der Waals surface area contributed by atoms with Gasteiger partial charge in [-0.25, -0.2) is 0 Å². The maximum Gasteiger partial charge on any atom is 0.00663 e. The first-order valence-corrected chi connectivity index (χ1v) is 7.50. The van der Waals surface area contributed by atoms with Gasteiger partial charge in [-0.2, -0.15) is 0 Å². The molecule has 1 rings (SSSR count). The first-order valence-electron chi connectivity index (χ1n) is 7.50. The molecule has 0 aromatic heterocycles. The second kappa shape index (κ2) is 8.10. The van der Waals surface area contributed by atoms with Gasteiger partial charge >= 0.3 is 0 Å². The van der Waals surface area contributed by atoms with Gasteiger partial charge in [0, 0.05) is 6.04 Å². The van der Waals surface area contributed by atoms with Crippen molar-refractivity contribution in [3.63, 3.8) is 0 Å². The van der Waals surface area contributed by atoms with Crippen LogP contribution in [0.3, 0.4) is 0 Å². The molecule has 0 aliphatic carbocycles. The maximum absolute atomic E-state index is 3.44. The molecule has 0 saturated carbocycles.